The molecule has 0 amide bonds. The summed E-state index contributed by atoms with van der Waals surface area (Å²) in [4.78, 5) is 0. The predicted octanol–water partition coefficient (Wildman–Crippen LogP) is 4.35. The summed E-state index contributed by atoms with van der Waals surface area (Å²) in [7, 11) is 1.93. The second-order valence-electron chi connectivity index (χ2n) is 4.17. The van der Waals surface area contributed by atoms with Crippen molar-refractivity contribution in [1.82, 2.24) is 5.32 Å². The average molecular weight is 432 g/mol. The predicted molar refractivity (Wildman–Crippen MR) is 90.4 cm³/mol. The van der Waals surface area contributed by atoms with Crippen LogP contribution in [0.3, 0.4) is 0 Å². The Bertz CT molecular complexity index is 542. The zero-order valence-electron chi connectivity index (χ0n) is 10.6. The molecule has 0 saturated carbocycles. The molecule has 0 aromatic heterocycles. The van der Waals surface area contributed by atoms with Crippen molar-refractivity contribution in [2.45, 2.75) is 13.2 Å². The fraction of sp³-hybridized carbons (Fsp3) is 0.200. The number of hydrogen-bond acceptors (Lipinski definition) is 2. The van der Waals surface area contributed by atoms with Crippen molar-refractivity contribution >= 4 is 38.5 Å². The van der Waals surface area contributed by atoms with E-state index in [0.717, 1.165) is 22.3 Å². The molecule has 0 atom stereocenters. The van der Waals surface area contributed by atoms with E-state index in [1.54, 1.807) is 0 Å². The summed E-state index contributed by atoms with van der Waals surface area (Å²) in [6.45, 7) is 1.37. The number of rotatable bonds is 5. The molecule has 2 aromatic carbocycles. The van der Waals surface area contributed by atoms with E-state index in [9.17, 15) is 0 Å². The van der Waals surface area contributed by atoms with Crippen molar-refractivity contribution in [3.05, 3.63) is 61.6 Å². The van der Waals surface area contributed by atoms with Gasteiger partial charge in [-0.1, -0.05) is 24.3 Å². The Kier molecular flexibility index (Phi) is 5.66. The lowest BCUT2D eigenvalue weighted by Gasteiger charge is -2.13. The molecule has 0 saturated heterocycles. The first-order chi connectivity index (χ1) is 9.20. The third-order valence-corrected chi connectivity index (χ3v) is 4.06. The van der Waals surface area contributed by atoms with E-state index in [1.165, 1.54) is 9.13 Å². The van der Waals surface area contributed by atoms with Crippen LogP contribution in [-0.4, -0.2) is 7.05 Å². The highest BCUT2D eigenvalue weighted by Crippen LogP contribution is 2.29. The number of para-hydroxylation sites is 1. The van der Waals surface area contributed by atoms with Crippen molar-refractivity contribution < 1.29 is 4.74 Å². The van der Waals surface area contributed by atoms with E-state index in [-0.39, 0.29) is 0 Å². The van der Waals surface area contributed by atoms with Crippen LogP contribution in [0.4, 0.5) is 0 Å². The highest BCUT2D eigenvalue weighted by atomic mass is 127. The van der Waals surface area contributed by atoms with Gasteiger partial charge < -0.3 is 10.1 Å². The van der Waals surface area contributed by atoms with Crippen LogP contribution in [0.5, 0.6) is 5.75 Å². The van der Waals surface area contributed by atoms with Crippen molar-refractivity contribution in [3.63, 3.8) is 0 Å². The quantitative estimate of drug-likeness (QED) is 0.710. The Morgan fingerprint density at radius 2 is 1.89 bits per heavy atom. The summed E-state index contributed by atoms with van der Waals surface area (Å²) in [6.07, 6.45) is 0. The van der Waals surface area contributed by atoms with Crippen LogP contribution in [0.15, 0.2) is 46.9 Å². The highest BCUT2D eigenvalue weighted by molar-refractivity contribution is 14.1. The second kappa shape index (κ2) is 7.26. The zero-order valence-corrected chi connectivity index (χ0v) is 14.4. The molecule has 0 aliphatic rings. The molecule has 100 valence electrons. The Hall–Kier alpha value is -0.590. The van der Waals surface area contributed by atoms with Crippen molar-refractivity contribution in [2.75, 3.05) is 7.05 Å². The molecule has 1 N–H and O–H groups in total. The first-order valence-electron chi connectivity index (χ1n) is 6.00. The lowest BCUT2D eigenvalue weighted by atomic mass is 10.2. The molecule has 0 bridgehead atoms. The number of ether oxygens (including phenoxy) is 1. The van der Waals surface area contributed by atoms with E-state index in [1.807, 2.05) is 19.2 Å². The van der Waals surface area contributed by atoms with Gasteiger partial charge >= 0.3 is 0 Å². The molecule has 0 fully saturated rings. The smallest absolute Gasteiger partial charge is 0.138 e. The lowest BCUT2D eigenvalue weighted by Crippen LogP contribution is -2.08. The van der Waals surface area contributed by atoms with Gasteiger partial charge in [-0.25, -0.2) is 0 Å². The monoisotopic (exact) mass is 431 g/mol. The fourth-order valence-electron chi connectivity index (χ4n) is 1.78. The van der Waals surface area contributed by atoms with Crippen LogP contribution in [-0.2, 0) is 13.2 Å². The number of benzene rings is 2. The van der Waals surface area contributed by atoms with Gasteiger partial charge in [0.2, 0.25) is 0 Å². The van der Waals surface area contributed by atoms with E-state index in [2.05, 4.69) is 74.2 Å². The van der Waals surface area contributed by atoms with Crippen molar-refractivity contribution in [3.8, 4) is 5.75 Å². The highest BCUT2D eigenvalue weighted by Gasteiger charge is 2.07. The molecule has 2 nitrogen and oxygen atoms in total. The molecule has 0 aliphatic carbocycles. The molecule has 2 rings (SSSR count). The Morgan fingerprint density at radius 1 is 1.16 bits per heavy atom. The molecular weight excluding hydrogens is 417 g/mol. The van der Waals surface area contributed by atoms with Gasteiger partial charge in [0.1, 0.15) is 12.4 Å². The van der Waals surface area contributed by atoms with Gasteiger partial charge in [0.15, 0.2) is 0 Å². The summed E-state index contributed by atoms with van der Waals surface area (Å²) in [5.41, 5.74) is 2.33. The number of halogens is 2. The van der Waals surface area contributed by atoms with Gasteiger partial charge in [-0.15, -0.1) is 0 Å². The maximum atomic E-state index is 5.96. The molecule has 19 heavy (non-hydrogen) atoms. The SMILES string of the molecule is CNCc1cccc(Br)c1OCc1ccc(I)cc1. The topological polar surface area (TPSA) is 21.3 Å². The minimum absolute atomic E-state index is 0.580. The van der Waals surface area contributed by atoms with E-state index < -0.39 is 0 Å². The van der Waals surface area contributed by atoms with Gasteiger partial charge in [-0.05, 0) is 69.3 Å². The Balaban J connectivity index is 2.12. The van der Waals surface area contributed by atoms with Crippen molar-refractivity contribution in [1.29, 1.82) is 0 Å². The lowest BCUT2D eigenvalue weighted by molar-refractivity contribution is 0.300. The van der Waals surface area contributed by atoms with Gasteiger partial charge in [0, 0.05) is 15.7 Å². The summed E-state index contributed by atoms with van der Waals surface area (Å²) in [5, 5.41) is 3.16. The normalized spacial score (nSPS) is 10.5. The molecule has 0 spiro atoms. The fourth-order valence-corrected chi connectivity index (χ4v) is 2.66. The maximum absolute atomic E-state index is 5.96. The van der Waals surface area contributed by atoms with Crippen LogP contribution >= 0.6 is 38.5 Å². The molecule has 0 unspecified atom stereocenters. The Labute approximate surface area is 135 Å². The molecule has 0 aliphatic heterocycles. The summed E-state index contributed by atoms with van der Waals surface area (Å²) in [6, 6.07) is 14.5. The minimum atomic E-state index is 0.580. The maximum Gasteiger partial charge on any atom is 0.138 e. The van der Waals surface area contributed by atoms with Crippen LogP contribution in [0, 0.1) is 3.57 Å². The molecule has 2 aromatic rings. The van der Waals surface area contributed by atoms with Gasteiger partial charge in [-0.3, -0.25) is 0 Å². The molecule has 0 radical (unpaired) electrons. The van der Waals surface area contributed by atoms with Crippen LogP contribution in [0.25, 0.3) is 0 Å². The first-order valence-corrected chi connectivity index (χ1v) is 7.87. The third-order valence-electron chi connectivity index (χ3n) is 2.71. The standard InChI is InChI=1S/C15H15BrINO/c1-18-9-12-3-2-4-14(16)15(12)19-10-11-5-7-13(17)8-6-11/h2-8,18H,9-10H2,1H3. The zero-order chi connectivity index (χ0) is 13.7. The molecule has 4 heteroatoms. The number of hydrogen-bond donors (Lipinski definition) is 1. The van der Waals surface area contributed by atoms with Crippen molar-refractivity contribution in [2.24, 2.45) is 0 Å². The van der Waals surface area contributed by atoms with Gasteiger partial charge in [-0.2, -0.15) is 0 Å². The van der Waals surface area contributed by atoms with E-state index in [4.69, 9.17) is 4.74 Å². The largest absolute Gasteiger partial charge is 0.487 e. The third kappa shape index (κ3) is 4.19. The Morgan fingerprint density at radius 3 is 2.58 bits per heavy atom. The van der Waals surface area contributed by atoms with Crippen LogP contribution in [0.2, 0.25) is 0 Å². The van der Waals surface area contributed by atoms with E-state index >= 15 is 0 Å². The second-order valence-corrected chi connectivity index (χ2v) is 6.27. The molecular formula is C15H15BrINO. The average Bonchev–Trinajstić information content (AvgIpc) is 2.40. The summed E-state index contributed by atoms with van der Waals surface area (Å²) < 4.78 is 8.18. The first kappa shape index (κ1) is 14.8. The summed E-state index contributed by atoms with van der Waals surface area (Å²) >= 11 is 5.85. The molecule has 0 heterocycles. The summed E-state index contributed by atoms with van der Waals surface area (Å²) in [5.74, 6) is 0.912. The minimum Gasteiger partial charge on any atom is -0.487 e. The number of nitrogens with one attached hydrogen (secondary N) is 1. The van der Waals surface area contributed by atoms with Crippen LogP contribution < -0.4 is 10.1 Å². The van der Waals surface area contributed by atoms with E-state index in [0.29, 0.717) is 6.61 Å². The van der Waals surface area contributed by atoms with Gasteiger partial charge in [0.25, 0.3) is 0 Å². The van der Waals surface area contributed by atoms with Gasteiger partial charge in [0.05, 0.1) is 4.47 Å². The van der Waals surface area contributed by atoms with Crippen LogP contribution in [0.1, 0.15) is 11.1 Å².